The lowest BCUT2D eigenvalue weighted by molar-refractivity contribution is -0.121. The second-order valence-electron chi connectivity index (χ2n) is 8.08. The number of carbonyl (C=O) groups excluding carboxylic acids is 1. The van der Waals surface area contributed by atoms with E-state index >= 15 is 0 Å². The molecule has 1 N–H and O–H groups in total. The molecule has 0 saturated heterocycles. The van der Waals surface area contributed by atoms with Crippen molar-refractivity contribution >= 4 is 33.2 Å². The first-order chi connectivity index (χ1) is 16.2. The molecule has 0 aromatic heterocycles. The number of hydrogen-bond acceptors (Lipinski definition) is 4. The minimum atomic E-state index is -3.56. The molecule has 3 aromatic carbocycles. The summed E-state index contributed by atoms with van der Waals surface area (Å²) in [5.74, 6) is 0.303. The highest BCUT2D eigenvalue weighted by Gasteiger charge is 2.20. The molecule has 0 aliphatic carbocycles. The average molecular weight is 501 g/mol. The molecule has 3 aromatic rings. The van der Waals surface area contributed by atoms with Gasteiger partial charge in [-0.3, -0.25) is 9.10 Å². The molecule has 0 bridgehead atoms. The molecule has 180 valence electrons. The minimum Gasteiger partial charge on any atom is -0.495 e. The van der Waals surface area contributed by atoms with Gasteiger partial charge >= 0.3 is 0 Å². The number of aryl methyl sites for hydroxylation is 1. The number of rotatable bonds is 10. The van der Waals surface area contributed by atoms with E-state index < -0.39 is 10.0 Å². The van der Waals surface area contributed by atoms with Gasteiger partial charge in [-0.1, -0.05) is 71.8 Å². The van der Waals surface area contributed by atoms with Crippen molar-refractivity contribution in [1.82, 2.24) is 5.32 Å². The summed E-state index contributed by atoms with van der Waals surface area (Å²) in [7, 11) is -2.07. The van der Waals surface area contributed by atoms with Gasteiger partial charge in [0.25, 0.3) is 0 Å². The van der Waals surface area contributed by atoms with Gasteiger partial charge in [0.05, 0.1) is 30.1 Å². The summed E-state index contributed by atoms with van der Waals surface area (Å²) < 4.78 is 31.2. The Hall–Kier alpha value is -3.03. The van der Waals surface area contributed by atoms with Gasteiger partial charge < -0.3 is 10.1 Å². The van der Waals surface area contributed by atoms with Crippen molar-refractivity contribution < 1.29 is 17.9 Å². The fraction of sp³-hybridized carbons (Fsp3) is 0.269. The predicted octanol–water partition coefficient (Wildman–Crippen LogP) is 5.11. The van der Waals surface area contributed by atoms with Crippen LogP contribution in [0.25, 0.3) is 0 Å². The predicted molar refractivity (Wildman–Crippen MR) is 137 cm³/mol. The SMILES string of the molecule is COc1ccc(N(CCCC(=O)N[C@@H](c2ccccc2)c2ccc(C)cc2)S(C)(=O)=O)cc1Cl. The molecule has 0 aliphatic rings. The van der Waals surface area contributed by atoms with Crippen molar-refractivity contribution in [3.63, 3.8) is 0 Å². The van der Waals surface area contributed by atoms with Crippen molar-refractivity contribution in [2.45, 2.75) is 25.8 Å². The van der Waals surface area contributed by atoms with Crippen LogP contribution in [0.3, 0.4) is 0 Å². The standard InChI is InChI=1S/C26H29ClN2O4S/c1-19-11-13-21(14-12-19)26(20-8-5-4-6-9-20)28-25(30)10-7-17-29(34(3,31)32)22-15-16-24(33-2)23(27)18-22/h4-6,8-9,11-16,18,26H,7,10,17H2,1-3H3,(H,28,30)/t26-/m0/s1. The Bertz CT molecular complexity index is 1220. The number of halogens is 1. The number of nitrogens with one attached hydrogen (secondary N) is 1. The van der Waals surface area contributed by atoms with E-state index in [1.54, 1.807) is 18.2 Å². The number of benzene rings is 3. The summed E-state index contributed by atoms with van der Waals surface area (Å²) in [5, 5.41) is 3.42. The molecule has 0 heterocycles. The molecule has 3 rings (SSSR count). The molecule has 1 amide bonds. The molecule has 0 spiro atoms. The molecule has 8 heteroatoms. The first-order valence-electron chi connectivity index (χ1n) is 10.9. The zero-order chi connectivity index (χ0) is 24.7. The maximum absolute atomic E-state index is 12.9. The highest BCUT2D eigenvalue weighted by atomic mass is 35.5. The van der Waals surface area contributed by atoms with Gasteiger partial charge in [-0.15, -0.1) is 0 Å². The Kier molecular flexibility index (Phi) is 8.58. The van der Waals surface area contributed by atoms with Crippen LogP contribution in [0.15, 0.2) is 72.8 Å². The van der Waals surface area contributed by atoms with Crippen LogP contribution in [0, 0.1) is 6.92 Å². The van der Waals surface area contributed by atoms with Gasteiger partial charge in [0.1, 0.15) is 5.75 Å². The third kappa shape index (κ3) is 6.74. The highest BCUT2D eigenvalue weighted by molar-refractivity contribution is 7.92. The van der Waals surface area contributed by atoms with Gasteiger partial charge in [0.2, 0.25) is 15.9 Å². The van der Waals surface area contributed by atoms with E-state index in [1.165, 1.54) is 11.4 Å². The Morgan fingerprint density at radius 3 is 2.26 bits per heavy atom. The Morgan fingerprint density at radius 1 is 1.03 bits per heavy atom. The van der Waals surface area contributed by atoms with Crippen molar-refractivity contribution in [1.29, 1.82) is 0 Å². The fourth-order valence-electron chi connectivity index (χ4n) is 3.68. The Labute approximate surface area is 206 Å². The molecular formula is C26H29ClN2O4S. The fourth-order valence-corrected chi connectivity index (χ4v) is 4.89. The number of hydrogen-bond donors (Lipinski definition) is 1. The van der Waals surface area contributed by atoms with Gasteiger partial charge in [0, 0.05) is 13.0 Å². The van der Waals surface area contributed by atoms with E-state index in [0.717, 1.165) is 22.9 Å². The second kappa shape index (κ2) is 11.4. The van der Waals surface area contributed by atoms with Crippen molar-refractivity contribution in [2.24, 2.45) is 0 Å². The molecule has 1 atom stereocenters. The quantitative estimate of drug-likeness (QED) is 0.419. The molecular weight excluding hydrogens is 472 g/mol. The van der Waals surface area contributed by atoms with E-state index in [4.69, 9.17) is 16.3 Å². The van der Waals surface area contributed by atoms with Crippen LogP contribution >= 0.6 is 11.6 Å². The first kappa shape index (κ1) is 25.6. The summed E-state index contributed by atoms with van der Waals surface area (Å²) in [4.78, 5) is 12.9. The largest absolute Gasteiger partial charge is 0.495 e. The lowest BCUT2D eigenvalue weighted by atomic mass is 9.97. The van der Waals surface area contributed by atoms with Gasteiger partial charge in [-0.05, 0) is 42.7 Å². The number of nitrogens with zero attached hydrogens (tertiary/aromatic N) is 1. The number of sulfonamides is 1. The van der Waals surface area contributed by atoms with Crippen molar-refractivity contribution in [3.8, 4) is 5.75 Å². The maximum atomic E-state index is 12.9. The number of amides is 1. The zero-order valence-electron chi connectivity index (χ0n) is 19.5. The van der Waals surface area contributed by atoms with E-state index in [0.29, 0.717) is 22.9 Å². The van der Waals surface area contributed by atoms with E-state index in [2.05, 4.69) is 5.32 Å². The van der Waals surface area contributed by atoms with Crippen LogP contribution in [0.1, 0.15) is 35.6 Å². The van der Waals surface area contributed by atoms with Crippen LogP contribution in [0.5, 0.6) is 5.75 Å². The summed E-state index contributed by atoms with van der Waals surface area (Å²) in [5.41, 5.74) is 3.53. The van der Waals surface area contributed by atoms with Crippen LogP contribution in [-0.4, -0.2) is 34.2 Å². The van der Waals surface area contributed by atoms with E-state index in [9.17, 15) is 13.2 Å². The normalized spacial score (nSPS) is 12.1. The summed E-state index contributed by atoms with van der Waals surface area (Å²) >= 11 is 6.18. The van der Waals surface area contributed by atoms with Crippen molar-refractivity contribution in [3.05, 3.63) is 94.5 Å². The Balaban J connectivity index is 1.70. The average Bonchev–Trinajstić information content (AvgIpc) is 2.81. The molecule has 6 nitrogen and oxygen atoms in total. The number of ether oxygens (including phenoxy) is 1. The minimum absolute atomic E-state index is 0.148. The number of carbonyl (C=O) groups is 1. The van der Waals surface area contributed by atoms with Crippen LogP contribution in [0.2, 0.25) is 5.02 Å². The summed E-state index contributed by atoms with van der Waals surface area (Å²) in [6.45, 7) is 2.17. The molecule has 0 fully saturated rings. The van der Waals surface area contributed by atoms with E-state index in [1.807, 2.05) is 61.5 Å². The lowest BCUT2D eigenvalue weighted by Crippen LogP contribution is -2.33. The molecule has 0 radical (unpaired) electrons. The second-order valence-corrected chi connectivity index (χ2v) is 10.4. The van der Waals surface area contributed by atoms with Crippen LogP contribution < -0.4 is 14.4 Å². The van der Waals surface area contributed by atoms with Crippen LogP contribution in [0.4, 0.5) is 5.69 Å². The third-order valence-corrected chi connectivity index (χ3v) is 6.93. The smallest absolute Gasteiger partial charge is 0.232 e. The van der Waals surface area contributed by atoms with Gasteiger partial charge in [-0.25, -0.2) is 8.42 Å². The lowest BCUT2D eigenvalue weighted by Gasteiger charge is -2.23. The zero-order valence-corrected chi connectivity index (χ0v) is 21.1. The molecule has 0 aliphatic heterocycles. The van der Waals surface area contributed by atoms with Gasteiger partial charge in [0.15, 0.2) is 0 Å². The summed E-state index contributed by atoms with van der Waals surface area (Å²) in [6.07, 6.45) is 1.65. The maximum Gasteiger partial charge on any atom is 0.232 e. The van der Waals surface area contributed by atoms with E-state index in [-0.39, 0.29) is 24.9 Å². The number of anilines is 1. The third-order valence-electron chi connectivity index (χ3n) is 5.44. The Morgan fingerprint density at radius 2 is 1.68 bits per heavy atom. The van der Waals surface area contributed by atoms with Gasteiger partial charge in [-0.2, -0.15) is 0 Å². The first-order valence-corrected chi connectivity index (χ1v) is 13.1. The topological polar surface area (TPSA) is 75.7 Å². The molecule has 0 saturated carbocycles. The summed E-state index contributed by atoms with van der Waals surface area (Å²) in [6, 6.07) is 22.3. The number of methoxy groups -OCH3 is 1. The molecule has 0 unspecified atom stereocenters. The van der Waals surface area contributed by atoms with Crippen molar-refractivity contribution in [2.75, 3.05) is 24.2 Å². The molecule has 34 heavy (non-hydrogen) atoms. The van der Waals surface area contributed by atoms with Crippen LogP contribution in [-0.2, 0) is 14.8 Å². The monoisotopic (exact) mass is 500 g/mol. The highest BCUT2D eigenvalue weighted by Crippen LogP contribution is 2.30.